The second kappa shape index (κ2) is 6.83. The molecule has 106 valence electrons. The first-order valence-electron chi connectivity index (χ1n) is 5.99. The molecule has 0 aliphatic carbocycles. The lowest BCUT2D eigenvalue weighted by atomic mass is 10.3. The third-order valence-corrected chi connectivity index (χ3v) is 3.62. The van der Waals surface area contributed by atoms with Crippen LogP contribution in [0, 0.1) is 5.82 Å². The number of carbonyl (C=O) groups is 1. The van der Waals surface area contributed by atoms with Gasteiger partial charge in [-0.05, 0) is 47.6 Å². The number of likely N-dealkylation sites (N-methyl/N-ethyl adjacent to an activating group) is 1. The maximum Gasteiger partial charge on any atom is 0.238 e. The zero-order chi connectivity index (χ0) is 14.5. The van der Waals surface area contributed by atoms with Crippen molar-refractivity contribution in [3.05, 3.63) is 51.4 Å². The summed E-state index contributed by atoms with van der Waals surface area (Å²) in [4.78, 5) is 13.7. The highest BCUT2D eigenvalue weighted by Gasteiger charge is 2.10. The molecule has 0 aliphatic rings. The first-order chi connectivity index (χ1) is 9.54. The summed E-state index contributed by atoms with van der Waals surface area (Å²) in [6.45, 7) is 0.873. The predicted molar refractivity (Wildman–Crippen MR) is 80.7 cm³/mol. The molecule has 1 heterocycles. The van der Waals surface area contributed by atoms with E-state index in [1.807, 2.05) is 28.8 Å². The Hall–Kier alpha value is -1.43. The minimum absolute atomic E-state index is 0.142. The van der Waals surface area contributed by atoms with Crippen LogP contribution in [0.1, 0.15) is 5.56 Å². The largest absolute Gasteiger partial charge is 0.322 e. The molecule has 1 amide bonds. The normalized spacial score (nSPS) is 10.8. The van der Waals surface area contributed by atoms with Crippen molar-refractivity contribution in [1.82, 2.24) is 4.90 Å². The lowest BCUT2D eigenvalue weighted by Crippen LogP contribution is -2.29. The van der Waals surface area contributed by atoms with Crippen molar-refractivity contribution in [1.29, 1.82) is 0 Å². The molecule has 3 nitrogen and oxygen atoms in total. The van der Waals surface area contributed by atoms with Crippen molar-refractivity contribution in [2.45, 2.75) is 6.54 Å². The Morgan fingerprint density at radius 3 is 2.90 bits per heavy atom. The average Bonchev–Trinajstić information content (AvgIpc) is 2.85. The molecule has 0 fully saturated rings. The average molecular weight is 313 g/mol. The van der Waals surface area contributed by atoms with Crippen LogP contribution in [0.5, 0.6) is 0 Å². The number of benzene rings is 1. The Balaban J connectivity index is 1.88. The first kappa shape index (κ1) is 15.0. The van der Waals surface area contributed by atoms with Gasteiger partial charge in [0.25, 0.3) is 0 Å². The van der Waals surface area contributed by atoms with Crippen molar-refractivity contribution in [3.63, 3.8) is 0 Å². The van der Waals surface area contributed by atoms with Gasteiger partial charge in [-0.3, -0.25) is 9.69 Å². The van der Waals surface area contributed by atoms with Gasteiger partial charge >= 0.3 is 0 Å². The lowest BCUT2D eigenvalue weighted by Gasteiger charge is -2.15. The van der Waals surface area contributed by atoms with Crippen LogP contribution < -0.4 is 5.32 Å². The van der Waals surface area contributed by atoms with Gasteiger partial charge < -0.3 is 5.32 Å². The predicted octanol–water partition coefficient (Wildman–Crippen LogP) is 3.61. The van der Waals surface area contributed by atoms with E-state index in [0.717, 1.165) is 5.56 Å². The molecule has 0 saturated carbocycles. The molecule has 20 heavy (non-hydrogen) atoms. The lowest BCUT2D eigenvalue weighted by molar-refractivity contribution is -0.117. The highest BCUT2D eigenvalue weighted by Crippen LogP contribution is 2.18. The van der Waals surface area contributed by atoms with Gasteiger partial charge in [-0.1, -0.05) is 11.6 Å². The Bertz CT molecular complexity index is 589. The second-order valence-corrected chi connectivity index (χ2v) is 5.69. The highest BCUT2D eigenvalue weighted by molar-refractivity contribution is 7.07. The molecule has 1 aromatic heterocycles. The van der Waals surface area contributed by atoms with Crippen molar-refractivity contribution in [2.75, 3.05) is 18.9 Å². The molecule has 6 heteroatoms. The molecular weight excluding hydrogens is 299 g/mol. The number of nitrogens with one attached hydrogen (secondary N) is 1. The quantitative estimate of drug-likeness (QED) is 0.914. The van der Waals surface area contributed by atoms with E-state index < -0.39 is 5.82 Å². The van der Waals surface area contributed by atoms with E-state index >= 15 is 0 Å². The molecule has 2 rings (SSSR count). The molecular formula is C14H14ClFN2OS. The van der Waals surface area contributed by atoms with E-state index in [-0.39, 0.29) is 18.1 Å². The third-order valence-electron chi connectivity index (χ3n) is 2.65. The minimum Gasteiger partial charge on any atom is -0.322 e. The Morgan fingerprint density at radius 1 is 1.45 bits per heavy atom. The third kappa shape index (κ3) is 4.30. The molecule has 0 atom stereocenters. The summed E-state index contributed by atoms with van der Waals surface area (Å²) in [6, 6.07) is 6.17. The molecule has 1 aromatic carbocycles. The summed E-state index contributed by atoms with van der Waals surface area (Å²) in [5.41, 5.74) is 1.30. The van der Waals surface area contributed by atoms with E-state index in [2.05, 4.69) is 5.32 Å². The molecule has 2 aromatic rings. The van der Waals surface area contributed by atoms with E-state index in [1.165, 1.54) is 18.2 Å². The fraction of sp³-hybridized carbons (Fsp3) is 0.214. The molecule has 0 bridgehead atoms. The van der Waals surface area contributed by atoms with E-state index in [0.29, 0.717) is 11.6 Å². The number of halogens is 2. The van der Waals surface area contributed by atoms with Crippen LogP contribution in [0.15, 0.2) is 35.0 Å². The Kier molecular flexibility index (Phi) is 5.11. The summed E-state index contributed by atoms with van der Waals surface area (Å²) >= 11 is 7.27. The van der Waals surface area contributed by atoms with E-state index in [4.69, 9.17) is 11.6 Å². The number of thiophene rings is 1. The Morgan fingerprint density at radius 2 is 2.25 bits per heavy atom. The van der Waals surface area contributed by atoms with Gasteiger partial charge in [-0.2, -0.15) is 11.3 Å². The first-order valence-corrected chi connectivity index (χ1v) is 7.31. The molecule has 0 aliphatic heterocycles. The number of hydrogen-bond acceptors (Lipinski definition) is 3. The maximum atomic E-state index is 13.5. The van der Waals surface area contributed by atoms with E-state index in [9.17, 15) is 9.18 Å². The summed E-state index contributed by atoms with van der Waals surface area (Å²) in [5, 5.41) is 6.86. The molecule has 1 N–H and O–H groups in total. The van der Waals surface area contributed by atoms with Crippen LogP contribution in [0.3, 0.4) is 0 Å². The summed E-state index contributed by atoms with van der Waals surface area (Å²) in [7, 11) is 1.84. The zero-order valence-corrected chi connectivity index (χ0v) is 12.5. The van der Waals surface area contributed by atoms with E-state index in [1.54, 1.807) is 11.3 Å². The second-order valence-electron chi connectivity index (χ2n) is 4.48. The maximum absolute atomic E-state index is 13.5. The smallest absolute Gasteiger partial charge is 0.238 e. The number of amides is 1. The van der Waals surface area contributed by atoms with Gasteiger partial charge in [0.2, 0.25) is 5.91 Å². The minimum atomic E-state index is -0.536. The van der Waals surface area contributed by atoms with Crippen LogP contribution in [-0.4, -0.2) is 24.4 Å². The van der Waals surface area contributed by atoms with Gasteiger partial charge in [-0.25, -0.2) is 4.39 Å². The summed E-state index contributed by atoms with van der Waals surface area (Å²) < 4.78 is 13.5. The molecule has 0 radical (unpaired) electrons. The van der Waals surface area contributed by atoms with Gasteiger partial charge in [-0.15, -0.1) is 0 Å². The van der Waals surface area contributed by atoms with Gasteiger partial charge in [0.1, 0.15) is 5.82 Å². The molecule has 0 saturated heterocycles. The number of carbonyl (C=O) groups excluding carboxylic acids is 1. The van der Waals surface area contributed by atoms with Gasteiger partial charge in [0.15, 0.2) is 0 Å². The fourth-order valence-corrected chi connectivity index (χ4v) is 2.59. The fourth-order valence-electron chi connectivity index (χ4n) is 1.78. The van der Waals surface area contributed by atoms with Crippen LogP contribution >= 0.6 is 22.9 Å². The topological polar surface area (TPSA) is 32.3 Å². The van der Waals surface area contributed by atoms with Gasteiger partial charge in [0.05, 0.1) is 12.2 Å². The van der Waals surface area contributed by atoms with Crippen molar-refractivity contribution in [2.24, 2.45) is 0 Å². The number of nitrogens with zero attached hydrogens (tertiary/aromatic N) is 1. The van der Waals surface area contributed by atoms with Crippen molar-refractivity contribution >= 4 is 34.5 Å². The van der Waals surface area contributed by atoms with Crippen molar-refractivity contribution in [3.8, 4) is 0 Å². The SMILES string of the molecule is CN(CC(=O)Nc1ccc(Cl)cc1F)Cc1ccsc1. The zero-order valence-electron chi connectivity index (χ0n) is 10.9. The monoisotopic (exact) mass is 312 g/mol. The highest BCUT2D eigenvalue weighted by atomic mass is 35.5. The van der Waals surface area contributed by atoms with Crippen LogP contribution in [0.4, 0.5) is 10.1 Å². The number of hydrogen-bond donors (Lipinski definition) is 1. The Labute approximate surface area is 126 Å². The van der Waals surface area contributed by atoms with Crippen LogP contribution in [-0.2, 0) is 11.3 Å². The number of rotatable bonds is 5. The standard InChI is InChI=1S/C14H14ClFN2OS/c1-18(7-10-4-5-20-9-10)8-14(19)17-13-3-2-11(15)6-12(13)16/h2-6,9H,7-8H2,1H3,(H,17,19). The summed E-state index contributed by atoms with van der Waals surface area (Å²) in [5.74, 6) is -0.796. The van der Waals surface area contributed by atoms with Crippen LogP contribution in [0.25, 0.3) is 0 Å². The van der Waals surface area contributed by atoms with Gasteiger partial charge in [0, 0.05) is 11.6 Å². The number of anilines is 1. The van der Waals surface area contributed by atoms with Crippen LogP contribution in [0.2, 0.25) is 5.02 Å². The molecule has 0 spiro atoms. The molecule has 0 unspecified atom stereocenters. The summed E-state index contributed by atoms with van der Waals surface area (Å²) in [6.07, 6.45) is 0. The van der Waals surface area contributed by atoms with Crippen molar-refractivity contribution < 1.29 is 9.18 Å².